The van der Waals surface area contributed by atoms with E-state index in [1.807, 2.05) is 18.9 Å². The van der Waals surface area contributed by atoms with E-state index in [9.17, 15) is 0 Å². The Kier molecular flexibility index (Phi) is 4.08. The minimum Gasteiger partial charge on any atom is -0.291 e. The minimum atomic E-state index is 0.0601. The Labute approximate surface area is 57.1 Å². The van der Waals surface area contributed by atoms with Crippen molar-refractivity contribution in [1.29, 1.82) is 5.26 Å². The third-order valence-electron chi connectivity index (χ3n) is 1.42. The second-order valence-electron chi connectivity index (χ2n) is 2.29. The summed E-state index contributed by atoms with van der Waals surface area (Å²) in [6.45, 7) is 5.03. The zero-order chi connectivity index (χ0) is 7.28. The molecule has 0 aromatic heterocycles. The van der Waals surface area contributed by atoms with E-state index in [-0.39, 0.29) is 6.04 Å². The molecule has 0 saturated carbocycles. The molecule has 0 aromatic rings. The van der Waals surface area contributed by atoms with E-state index in [0.29, 0.717) is 0 Å². The maximum absolute atomic E-state index is 8.44. The molecule has 0 aliphatic carbocycles. The van der Waals surface area contributed by atoms with Crippen molar-refractivity contribution in [3.8, 4) is 6.07 Å². The van der Waals surface area contributed by atoms with Crippen LogP contribution in [0.4, 0.5) is 0 Å². The van der Waals surface area contributed by atoms with Crippen molar-refractivity contribution in [3.05, 3.63) is 0 Å². The fraction of sp³-hybridized carbons (Fsp3) is 0.857. The first-order chi connectivity index (χ1) is 4.22. The SMILES string of the molecule is CCCN(C)[C@@H](C)C#N. The first kappa shape index (κ1) is 8.45. The number of hydrogen-bond acceptors (Lipinski definition) is 2. The van der Waals surface area contributed by atoms with Gasteiger partial charge in [0.15, 0.2) is 0 Å². The standard InChI is InChI=1S/C7H14N2/c1-4-5-9(3)7(2)6-8/h7H,4-5H2,1-3H3/t7-/m0/s1. The van der Waals surface area contributed by atoms with Gasteiger partial charge in [-0.3, -0.25) is 4.90 Å². The van der Waals surface area contributed by atoms with E-state index < -0.39 is 0 Å². The van der Waals surface area contributed by atoms with Gasteiger partial charge in [-0.25, -0.2) is 0 Å². The number of nitriles is 1. The van der Waals surface area contributed by atoms with Gasteiger partial charge in [-0.2, -0.15) is 5.26 Å². The van der Waals surface area contributed by atoms with Gasteiger partial charge in [-0.15, -0.1) is 0 Å². The van der Waals surface area contributed by atoms with Crippen LogP contribution in [0.2, 0.25) is 0 Å². The molecule has 0 aliphatic heterocycles. The Morgan fingerprint density at radius 3 is 2.56 bits per heavy atom. The van der Waals surface area contributed by atoms with Crippen LogP contribution in [0.25, 0.3) is 0 Å². The molecule has 0 aromatic carbocycles. The van der Waals surface area contributed by atoms with Crippen LogP contribution in [-0.4, -0.2) is 24.5 Å². The zero-order valence-corrected chi connectivity index (χ0v) is 6.39. The third-order valence-corrected chi connectivity index (χ3v) is 1.42. The van der Waals surface area contributed by atoms with E-state index in [4.69, 9.17) is 5.26 Å². The molecule has 0 spiro atoms. The summed E-state index contributed by atoms with van der Waals surface area (Å²) in [6.07, 6.45) is 1.11. The summed E-state index contributed by atoms with van der Waals surface area (Å²) >= 11 is 0. The molecule has 0 N–H and O–H groups in total. The summed E-state index contributed by atoms with van der Waals surface area (Å²) in [5.74, 6) is 0. The van der Waals surface area contributed by atoms with Crippen LogP contribution in [0.1, 0.15) is 20.3 Å². The summed E-state index contributed by atoms with van der Waals surface area (Å²) in [7, 11) is 1.97. The largest absolute Gasteiger partial charge is 0.291 e. The quantitative estimate of drug-likeness (QED) is 0.569. The highest BCUT2D eigenvalue weighted by atomic mass is 15.1. The maximum atomic E-state index is 8.44. The van der Waals surface area contributed by atoms with Crippen LogP contribution in [-0.2, 0) is 0 Å². The Bertz CT molecular complexity index is 104. The van der Waals surface area contributed by atoms with Gasteiger partial charge in [-0.1, -0.05) is 6.92 Å². The zero-order valence-electron chi connectivity index (χ0n) is 6.39. The highest BCUT2D eigenvalue weighted by molar-refractivity contribution is 4.85. The molecule has 0 heterocycles. The molecule has 0 amide bonds. The van der Waals surface area contributed by atoms with E-state index in [1.165, 1.54) is 0 Å². The first-order valence-corrected chi connectivity index (χ1v) is 3.32. The van der Waals surface area contributed by atoms with E-state index in [2.05, 4.69) is 13.0 Å². The van der Waals surface area contributed by atoms with Crippen molar-refractivity contribution in [1.82, 2.24) is 4.90 Å². The molecule has 2 heteroatoms. The highest BCUT2D eigenvalue weighted by Crippen LogP contribution is 1.93. The summed E-state index contributed by atoms with van der Waals surface area (Å²) in [5, 5.41) is 8.44. The fourth-order valence-corrected chi connectivity index (χ4v) is 0.645. The molecule has 9 heavy (non-hydrogen) atoms. The molecule has 52 valence electrons. The molecule has 0 radical (unpaired) electrons. The second kappa shape index (κ2) is 4.34. The van der Waals surface area contributed by atoms with Gasteiger partial charge in [-0.05, 0) is 26.9 Å². The van der Waals surface area contributed by atoms with E-state index in [1.54, 1.807) is 0 Å². The summed E-state index contributed by atoms with van der Waals surface area (Å²) in [5.41, 5.74) is 0. The number of rotatable bonds is 3. The monoisotopic (exact) mass is 126 g/mol. The normalized spacial score (nSPS) is 13.2. The van der Waals surface area contributed by atoms with Crippen molar-refractivity contribution in [2.24, 2.45) is 0 Å². The van der Waals surface area contributed by atoms with Crippen LogP contribution in [0.15, 0.2) is 0 Å². The van der Waals surface area contributed by atoms with Crippen LogP contribution < -0.4 is 0 Å². The summed E-state index contributed by atoms with van der Waals surface area (Å²) in [6, 6.07) is 2.24. The lowest BCUT2D eigenvalue weighted by Gasteiger charge is -2.16. The van der Waals surface area contributed by atoms with Gasteiger partial charge in [0.25, 0.3) is 0 Å². The lowest BCUT2D eigenvalue weighted by Crippen LogP contribution is -2.28. The minimum absolute atomic E-state index is 0.0601. The van der Waals surface area contributed by atoms with Crippen molar-refractivity contribution in [2.75, 3.05) is 13.6 Å². The van der Waals surface area contributed by atoms with Crippen molar-refractivity contribution < 1.29 is 0 Å². The van der Waals surface area contributed by atoms with E-state index >= 15 is 0 Å². The third kappa shape index (κ3) is 3.10. The predicted molar refractivity (Wildman–Crippen MR) is 38.0 cm³/mol. The molecular weight excluding hydrogens is 112 g/mol. The lowest BCUT2D eigenvalue weighted by atomic mass is 10.3. The molecule has 0 saturated heterocycles. The van der Waals surface area contributed by atoms with Crippen LogP contribution in [0.3, 0.4) is 0 Å². The molecule has 0 bridgehead atoms. The Balaban J connectivity index is 3.48. The summed E-state index contributed by atoms with van der Waals surface area (Å²) in [4.78, 5) is 2.04. The van der Waals surface area contributed by atoms with Gasteiger partial charge in [0.2, 0.25) is 0 Å². The molecule has 2 nitrogen and oxygen atoms in total. The topological polar surface area (TPSA) is 27.0 Å². The van der Waals surface area contributed by atoms with Crippen molar-refractivity contribution in [3.63, 3.8) is 0 Å². The Morgan fingerprint density at radius 2 is 2.22 bits per heavy atom. The molecular formula is C7H14N2. The van der Waals surface area contributed by atoms with E-state index in [0.717, 1.165) is 13.0 Å². The average Bonchev–Trinajstić information content (AvgIpc) is 1.87. The molecule has 1 atom stereocenters. The molecule has 0 unspecified atom stereocenters. The van der Waals surface area contributed by atoms with Gasteiger partial charge in [0.05, 0.1) is 12.1 Å². The number of hydrogen-bond donors (Lipinski definition) is 0. The van der Waals surface area contributed by atoms with Crippen molar-refractivity contribution >= 4 is 0 Å². The fourth-order valence-electron chi connectivity index (χ4n) is 0.645. The average molecular weight is 126 g/mol. The smallest absolute Gasteiger partial charge is 0.0946 e. The lowest BCUT2D eigenvalue weighted by molar-refractivity contribution is 0.303. The highest BCUT2D eigenvalue weighted by Gasteiger charge is 2.03. The van der Waals surface area contributed by atoms with Gasteiger partial charge in [0, 0.05) is 0 Å². The second-order valence-corrected chi connectivity index (χ2v) is 2.29. The Hall–Kier alpha value is -0.550. The predicted octanol–water partition coefficient (Wildman–Crippen LogP) is 1.24. The molecule has 0 aliphatic rings. The Morgan fingerprint density at radius 1 is 1.67 bits per heavy atom. The van der Waals surface area contributed by atoms with Crippen molar-refractivity contribution in [2.45, 2.75) is 26.3 Å². The van der Waals surface area contributed by atoms with Gasteiger partial charge in [0.1, 0.15) is 0 Å². The maximum Gasteiger partial charge on any atom is 0.0946 e. The summed E-state index contributed by atoms with van der Waals surface area (Å²) < 4.78 is 0. The van der Waals surface area contributed by atoms with Gasteiger partial charge >= 0.3 is 0 Å². The van der Waals surface area contributed by atoms with Gasteiger partial charge < -0.3 is 0 Å². The van der Waals surface area contributed by atoms with Crippen LogP contribution >= 0.6 is 0 Å². The molecule has 0 fully saturated rings. The first-order valence-electron chi connectivity index (χ1n) is 3.32. The van der Waals surface area contributed by atoms with Crippen LogP contribution in [0, 0.1) is 11.3 Å². The van der Waals surface area contributed by atoms with Crippen LogP contribution in [0.5, 0.6) is 0 Å². The molecule has 0 rings (SSSR count). The number of nitrogens with zero attached hydrogens (tertiary/aromatic N) is 2.